The van der Waals surface area contributed by atoms with Crippen LogP contribution in [0.15, 0.2) is 48.5 Å². The van der Waals surface area contributed by atoms with Gasteiger partial charge in [-0.2, -0.15) is 0 Å². The maximum atomic E-state index is 13.4. The van der Waals surface area contributed by atoms with E-state index in [9.17, 15) is 24.6 Å². The first kappa shape index (κ1) is 23.4. The van der Waals surface area contributed by atoms with Crippen LogP contribution in [0.5, 0.6) is 0 Å². The Bertz CT molecular complexity index is 1120. The van der Waals surface area contributed by atoms with Crippen molar-refractivity contribution in [1.82, 2.24) is 10.2 Å². The molecule has 0 bridgehead atoms. The number of carboxylic acid groups (broad SMARTS) is 1. The minimum Gasteiger partial charge on any atom is -0.480 e. The predicted octanol–water partition coefficient (Wildman–Crippen LogP) is 3.13. The van der Waals surface area contributed by atoms with Gasteiger partial charge in [0, 0.05) is 24.9 Å². The van der Waals surface area contributed by atoms with Gasteiger partial charge >= 0.3 is 12.1 Å². The first-order chi connectivity index (χ1) is 16.8. The molecular formula is C27H30N2O6. The maximum absolute atomic E-state index is 13.4. The number of aliphatic carboxylic acids is 1. The molecule has 3 aliphatic rings. The van der Waals surface area contributed by atoms with Crippen LogP contribution in [-0.4, -0.2) is 64.4 Å². The number of benzene rings is 2. The average Bonchev–Trinajstić information content (AvgIpc) is 3.51. The van der Waals surface area contributed by atoms with Gasteiger partial charge in [-0.3, -0.25) is 4.79 Å². The zero-order chi connectivity index (χ0) is 24.7. The van der Waals surface area contributed by atoms with Crippen molar-refractivity contribution in [3.8, 4) is 11.1 Å². The zero-order valence-corrected chi connectivity index (χ0v) is 19.6. The smallest absolute Gasteiger partial charge is 0.407 e. The van der Waals surface area contributed by atoms with Gasteiger partial charge in [0.15, 0.2) is 0 Å². The number of hydrogen-bond donors (Lipinski definition) is 3. The molecule has 1 saturated heterocycles. The lowest BCUT2D eigenvalue weighted by Crippen LogP contribution is -2.54. The highest BCUT2D eigenvalue weighted by molar-refractivity contribution is 5.89. The number of aliphatic hydroxyl groups is 1. The van der Waals surface area contributed by atoms with Crippen LogP contribution >= 0.6 is 0 Å². The number of nitrogens with one attached hydrogen (secondary N) is 1. The monoisotopic (exact) mass is 478 g/mol. The molecule has 1 aliphatic heterocycles. The summed E-state index contributed by atoms with van der Waals surface area (Å²) in [6.07, 6.45) is 0.416. The van der Waals surface area contributed by atoms with Gasteiger partial charge in [-0.15, -0.1) is 0 Å². The molecule has 2 aliphatic carbocycles. The summed E-state index contributed by atoms with van der Waals surface area (Å²) in [6, 6.07) is 14.7. The Labute approximate surface area is 203 Å². The number of rotatable bonds is 5. The summed E-state index contributed by atoms with van der Waals surface area (Å²) >= 11 is 0. The molecule has 0 radical (unpaired) electrons. The van der Waals surface area contributed by atoms with Gasteiger partial charge < -0.3 is 25.2 Å². The number of ether oxygens (including phenoxy) is 1. The average molecular weight is 479 g/mol. The van der Waals surface area contributed by atoms with E-state index in [1.54, 1.807) is 6.92 Å². The molecule has 1 saturated carbocycles. The Balaban J connectivity index is 1.26. The molecule has 8 heteroatoms. The van der Waals surface area contributed by atoms with Crippen molar-refractivity contribution in [2.75, 3.05) is 13.2 Å². The van der Waals surface area contributed by atoms with E-state index >= 15 is 0 Å². The fraction of sp³-hybridized carbons (Fsp3) is 0.444. The molecule has 2 amide bonds. The van der Waals surface area contributed by atoms with Gasteiger partial charge in [0.25, 0.3) is 0 Å². The van der Waals surface area contributed by atoms with E-state index in [-0.39, 0.29) is 31.4 Å². The van der Waals surface area contributed by atoms with Crippen LogP contribution in [-0.2, 0) is 14.3 Å². The van der Waals surface area contributed by atoms with E-state index in [1.807, 2.05) is 24.3 Å². The van der Waals surface area contributed by atoms with Gasteiger partial charge in [0.05, 0.1) is 11.5 Å². The highest BCUT2D eigenvalue weighted by Gasteiger charge is 2.51. The van der Waals surface area contributed by atoms with Gasteiger partial charge in [-0.25, -0.2) is 9.59 Å². The summed E-state index contributed by atoms with van der Waals surface area (Å²) in [5, 5.41) is 22.4. The molecule has 2 fully saturated rings. The third-order valence-corrected chi connectivity index (χ3v) is 7.91. The second-order valence-corrected chi connectivity index (χ2v) is 10.0. The Morgan fingerprint density at radius 3 is 2.34 bits per heavy atom. The molecule has 184 valence electrons. The Hall–Kier alpha value is -3.39. The number of carbonyl (C=O) groups is 3. The number of β-amino-alcohol motifs (C(OH)–C–C–N with tert-alkyl or cyclic N) is 1. The lowest BCUT2D eigenvalue weighted by atomic mass is 9.83. The SMILES string of the molecule is CC1(C(=O)N2CC(O)CC2C(=O)O)CCCC1NC(=O)OCC1c2ccccc2-c2ccccc21. The molecule has 2 aromatic rings. The predicted molar refractivity (Wildman–Crippen MR) is 128 cm³/mol. The molecule has 35 heavy (non-hydrogen) atoms. The van der Waals surface area contributed by atoms with E-state index in [1.165, 1.54) is 4.90 Å². The van der Waals surface area contributed by atoms with Gasteiger partial charge in [0.2, 0.25) is 5.91 Å². The normalized spacial score (nSPS) is 27.4. The van der Waals surface area contributed by atoms with Crippen molar-refractivity contribution in [3.63, 3.8) is 0 Å². The van der Waals surface area contributed by atoms with E-state index in [0.717, 1.165) is 28.7 Å². The fourth-order valence-corrected chi connectivity index (χ4v) is 6.04. The van der Waals surface area contributed by atoms with Crippen molar-refractivity contribution >= 4 is 18.0 Å². The number of alkyl carbamates (subject to hydrolysis) is 1. The third-order valence-electron chi connectivity index (χ3n) is 7.91. The van der Waals surface area contributed by atoms with E-state index in [0.29, 0.717) is 12.8 Å². The van der Waals surface area contributed by atoms with Crippen LogP contribution in [0.2, 0.25) is 0 Å². The van der Waals surface area contributed by atoms with Gasteiger partial charge in [-0.1, -0.05) is 55.0 Å². The van der Waals surface area contributed by atoms with Crippen molar-refractivity contribution in [2.24, 2.45) is 5.41 Å². The second-order valence-electron chi connectivity index (χ2n) is 10.0. The minimum absolute atomic E-state index is 0.0109. The van der Waals surface area contributed by atoms with E-state index < -0.39 is 35.7 Å². The quantitative estimate of drug-likeness (QED) is 0.608. The van der Waals surface area contributed by atoms with Crippen molar-refractivity contribution in [2.45, 2.75) is 56.7 Å². The molecule has 2 aromatic carbocycles. The van der Waals surface area contributed by atoms with E-state index in [4.69, 9.17) is 4.74 Å². The summed E-state index contributed by atoms with van der Waals surface area (Å²) in [5.74, 6) is -1.53. The van der Waals surface area contributed by atoms with E-state index in [2.05, 4.69) is 29.6 Å². The van der Waals surface area contributed by atoms with Gasteiger partial charge in [0.1, 0.15) is 12.6 Å². The lowest BCUT2D eigenvalue weighted by molar-refractivity contribution is -0.153. The molecule has 5 rings (SSSR count). The van der Waals surface area contributed by atoms with Crippen molar-refractivity contribution in [1.29, 1.82) is 0 Å². The first-order valence-electron chi connectivity index (χ1n) is 12.1. The summed E-state index contributed by atoms with van der Waals surface area (Å²) < 4.78 is 5.67. The molecule has 0 spiro atoms. The molecule has 0 aromatic heterocycles. The van der Waals surface area contributed by atoms with Crippen LogP contribution in [0.4, 0.5) is 4.79 Å². The number of aliphatic hydroxyl groups excluding tert-OH is 1. The number of fused-ring (bicyclic) bond motifs is 3. The molecule has 3 N–H and O–H groups in total. The molecular weight excluding hydrogens is 448 g/mol. The molecule has 4 atom stereocenters. The fourth-order valence-electron chi connectivity index (χ4n) is 6.04. The molecule has 1 heterocycles. The third kappa shape index (κ3) is 4.05. The molecule has 4 unspecified atom stereocenters. The summed E-state index contributed by atoms with van der Waals surface area (Å²) in [5.41, 5.74) is 3.58. The molecule has 8 nitrogen and oxygen atoms in total. The number of carbonyl (C=O) groups excluding carboxylic acids is 2. The standard InChI is InChI=1S/C27H30N2O6/c1-27(25(33)29-14-16(30)13-22(29)24(31)32)12-6-11-23(27)28-26(34)35-15-21-19-9-4-2-7-17(19)18-8-3-5-10-20(18)21/h2-5,7-10,16,21-23,30H,6,11-15H2,1H3,(H,28,34)(H,31,32). The summed E-state index contributed by atoms with van der Waals surface area (Å²) in [7, 11) is 0. The van der Waals surface area contributed by atoms with Crippen LogP contribution in [0.3, 0.4) is 0 Å². The maximum Gasteiger partial charge on any atom is 0.407 e. The van der Waals surface area contributed by atoms with Crippen LogP contribution in [0.25, 0.3) is 11.1 Å². The van der Waals surface area contributed by atoms with Crippen LogP contribution in [0.1, 0.15) is 49.7 Å². The lowest BCUT2D eigenvalue weighted by Gasteiger charge is -2.35. The summed E-state index contributed by atoms with van der Waals surface area (Å²) in [6.45, 7) is 1.93. The number of amides is 2. The van der Waals surface area contributed by atoms with Crippen LogP contribution < -0.4 is 5.32 Å². The largest absolute Gasteiger partial charge is 0.480 e. The first-order valence-corrected chi connectivity index (χ1v) is 12.1. The number of hydrogen-bond acceptors (Lipinski definition) is 5. The second kappa shape index (κ2) is 9.00. The Morgan fingerprint density at radius 1 is 1.09 bits per heavy atom. The Kier molecular flexibility index (Phi) is 6.01. The zero-order valence-electron chi connectivity index (χ0n) is 19.6. The van der Waals surface area contributed by atoms with Crippen LogP contribution in [0, 0.1) is 5.41 Å². The van der Waals surface area contributed by atoms with Gasteiger partial charge in [-0.05, 0) is 42.0 Å². The van der Waals surface area contributed by atoms with Crippen molar-refractivity contribution < 1.29 is 29.3 Å². The van der Waals surface area contributed by atoms with Crippen molar-refractivity contribution in [3.05, 3.63) is 59.7 Å². The Morgan fingerprint density at radius 2 is 1.71 bits per heavy atom. The number of nitrogens with zero attached hydrogens (tertiary/aromatic N) is 1. The minimum atomic E-state index is -1.13. The number of likely N-dealkylation sites (tertiary alicyclic amines) is 1. The topological polar surface area (TPSA) is 116 Å². The summed E-state index contributed by atoms with van der Waals surface area (Å²) in [4.78, 5) is 39.2. The highest BCUT2D eigenvalue weighted by Crippen LogP contribution is 2.45. The number of carboxylic acids is 1. The highest BCUT2D eigenvalue weighted by atomic mass is 16.5.